The highest BCUT2D eigenvalue weighted by atomic mass is 16.5. The van der Waals surface area contributed by atoms with E-state index in [4.69, 9.17) is 18.9 Å². The van der Waals surface area contributed by atoms with Gasteiger partial charge < -0.3 is 24.3 Å². The summed E-state index contributed by atoms with van der Waals surface area (Å²) in [5.74, 6) is 3.13. The zero-order valence-electron chi connectivity index (χ0n) is 24.2. The fourth-order valence-corrected chi connectivity index (χ4v) is 5.21. The molecule has 1 N–H and O–H groups in total. The summed E-state index contributed by atoms with van der Waals surface area (Å²) in [6.45, 7) is 13.7. The van der Waals surface area contributed by atoms with Crippen LogP contribution in [0.2, 0.25) is 0 Å². The van der Waals surface area contributed by atoms with Crippen molar-refractivity contribution in [3.8, 4) is 23.0 Å². The molecule has 1 saturated carbocycles. The van der Waals surface area contributed by atoms with Crippen molar-refractivity contribution < 1.29 is 23.7 Å². The Bertz CT molecular complexity index is 1010. The highest BCUT2D eigenvalue weighted by Gasteiger charge is 2.31. The lowest BCUT2D eigenvalue weighted by atomic mass is 9.76. The van der Waals surface area contributed by atoms with E-state index in [1.54, 1.807) is 0 Å². The lowest BCUT2D eigenvalue weighted by molar-refractivity contribution is -0.124. The van der Waals surface area contributed by atoms with E-state index in [0.717, 1.165) is 47.6 Å². The fraction of sp³-hybridized carbons (Fsp3) is 0.594. The van der Waals surface area contributed by atoms with Gasteiger partial charge in [-0.15, -0.1) is 0 Å². The number of ether oxygens (including phenoxy) is 4. The van der Waals surface area contributed by atoms with Gasteiger partial charge in [0.2, 0.25) is 5.91 Å². The molecular formula is C32H47NO5. The first-order chi connectivity index (χ1) is 18.3. The highest BCUT2D eigenvalue weighted by molar-refractivity contribution is 5.84. The molecule has 0 radical (unpaired) electrons. The molecule has 0 aromatic heterocycles. The van der Waals surface area contributed by atoms with Crippen LogP contribution in [0, 0.1) is 5.92 Å². The van der Waals surface area contributed by atoms with Crippen molar-refractivity contribution in [3.63, 3.8) is 0 Å². The van der Waals surface area contributed by atoms with Crippen LogP contribution in [0.15, 0.2) is 36.4 Å². The Kier molecular flexibility index (Phi) is 11.6. The molecule has 6 nitrogen and oxygen atoms in total. The number of hydrogen-bond acceptors (Lipinski definition) is 5. The predicted molar refractivity (Wildman–Crippen MR) is 153 cm³/mol. The van der Waals surface area contributed by atoms with Crippen LogP contribution in [0.25, 0.3) is 0 Å². The van der Waals surface area contributed by atoms with Gasteiger partial charge in [-0.3, -0.25) is 4.79 Å². The molecule has 1 fully saturated rings. The molecule has 38 heavy (non-hydrogen) atoms. The molecular weight excluding hydrogens is 478 g/mol. The molecule has 0 aliphatic heterocycles. The zero-order valence-corrected chi connectivity index (χ0v) is 24.2. The molecule has 0 heterocycles. The average molecular weight is 526 g/mol. The minimum atomic E-state index is -0.211. The molecule has 210 valence electrons. The van der Waals surface area contributed by atoms with Gasteiger partial charge in [0.15, 0.2) is 23.0 Å². The van der Waals surface area contributed by atoms with E-state index in [9.17, 15) is 4.79 Å². The number of rotatable bonds is 14. The Morgan fingerprint density at radius 2 is 1.45 bits per heavy atom. The topological polar surface area (TPSA) is 66.0 Å². The molecule has 6 heteroatoms. The first-order valence-corrected chi connectivity index (χ1v) is 14.5. The Morgan fingerprint density at radius 3 is 2.11 bits per heavy atom. The number of benzene rings is 2. The summed E-state index contributed by atoms with van der Waals surface area (Å²) < 4.78 is 23.6. The molecule has 1 atom stereocenters. The van der Waals surface area contributed by atoms with Gasteiger partial charge in [0.05, 0.1) is 31.3 Å². The van der Waals surface area contributed by atoms with Gasteiger partial charge in [-0.2, -0.15) is 0 Å². The Morgan fingerprint density at radius 1 is 0.816 bits per heavy atom. The maximum absolute atomic E-state index is 13.7. The molecule has 0 saturated heterocycles. The van der Waals surface area contributed by atoms with E-state index < -0.39 is 0 Å². The van der Waals surface area contributed by atoms with E-state index in [1.807, 2.05) is 77.9 Å². The second-order valence-electron chi connectivity index (χ2n) is 10.6. The molecule has 1 unspecified atom stereocenters. The van der Waals surface area contributed by atoms with E-state index in [-0.39, 0.29) is 24.0 Å². The third-order valence-electron chi connectivity index (χ3n) is 6.78. The Balaban J connectivity index is 1.78. The van der Waals surface area contributed by atoms with Gasteiger partial charge >= 0.3 is 0 Å². The van der Waals surface area contributed by atoms with Crippen LogP contribution in [0.5, 0.6) is 23.0 Å². The van der Waals surface area contributed by atoms with Crippen molar-refractivity contribution in [2.45, 2.75) is 98.2 Å². The summed E-state index contributed by atoms with van der Waals surface area (Å²) in [5, 5.41) is 3.24. The van der Waals surface area contributed by atoms with Crippen molar-refractivity contribution in [2.24, 2.45) is 5.92 Å². The average Bonchev–Trinajstić information content (AvgIpc) is 2.87. The lowest BCUT2D eigenvalue weighted by Crippen LogP contribution is -2.35. The van der Waals surface area contributed by atoms with Gasteiger partial charge in [-0.05, 0) is 102 Å². The smallest absolute Gasteiger partial charge is 0.227 e. The minimum Gasteiger partial charge on any atom is -0.490 e. The standard InChI is InChI=1S/C32H47NO5/c1-7-35-27-16-14-24(20-29(27)36-8-2)18-19-33-32(34)31(25-12-10-9-11-13-25)26-15-17-28(37-22(3)4)30(21-26)38-23(5)6/h14-17,20-23,25,31H,7-13,18-19H2,1-6H3,(H,33,34). The second kappa shape index (κ2) is 14.9. The molecule has 1 aliphatic rings. The summed E-state index contributed by atoms with van der Waals surface area (Å²) in [6, 6.07) is 12.0. The first-order valence-electron chi connectivity index (χ1n) is 14.5. The Hall–Kier alpha value is -2.89. The van der Waals surface area contributed by atoms with Crippen LogP contribution >= 0.6 is 0 Å². The van der Waals surface area contributed by atoms with Crippen molar-refractivity contribution in [3.05, 3.63) is 47.5 Å². The summed E-state index contributed by atoms with van der Waals surface area (Å²) >= 11 is 0. The SMILES string of the molecule is CCOc1ccc(CCNC(=O)C(c2ccc(OC(C)C)c(OC(C)C)c2)C2CCCCC2)cc1OCC. The van der Waals surface area contributed by atoms with Crippen molar-refractivity contribution >= 4 is 5.91 Å². The van der Waals surface area contributed by atoms with Crippen LogP contribution in [-0.4, -0.2) is 37.9 Å². The third-order valence-corrected chi connectivity index (χ3v) is 6.78. The minimum absolute atomic E-state index is 0.0115. The maximum atomic E-state index is 13.7. The van der Waals surface area contributed by atoms with Gasteiger partial charge in [0.25, 0.3) is 0 Å². The summed E-state index contributed by atoms with van der Waals surface area (Å²) in [5.41, 5.74) is 2.11. The number of carbonyl (C=O) groups excluding carboxylic acids is 1. The van der Waals surface area contributed by atoms with Gasteiger partial charge in [-0.1, -0.05) is 31.4 Å². The van der Waals surface area contributed by atoms with Gasteiger partial charge in [0.1, 0.15) is 0 Å². The summed E-state index contributed by atoms with van der Waals surface area (Å²) in [7, 11) is 0. The zero-order chi connectivity index (χ0) is 27.5. The second-order valence-corrected chi connectivity index (χ2v) is 10.6. The van der Waals surface area contributed by atoms with Crippen LogP contribution < -0.4 is 24.3 Å². The highest BCUT2D eigenvalue weighted by Crippen LogP contribution is 2.40. The molecule has 0 bridgehead atoms. The Labute approximate surface area is 229 Å². The quantitative estimate of drug-likeness (QED) is 0.285. The van der Waals surface area contributed by atoms with Crippen molar-refractivity contribution in [2.75, 3.05) is 19.8 Å². The van der Waals surface area contributed by atoms with Crippen LogP contribution in [0.3, 0.4) is 0 Å². The van der Waals surface area contributed by atoms with Crippen LogP contribution in [-0.2, 0) is 11.2 Å². The van der Waals surface area contributed by atoms with E-state index >= 15 is 0 Å². The molecule has 3 rings (SSSR count). The molecule has 1 aliphatic carbocycles. The van der Waals surface area contributed by atoms with E-state index in [0.29, 0.717) is 31.4 Å². The van der Waals surface area contributed by atoms with Crippen molar-refractivity contribution in [1.29, 1.82) is 0 Å². The monoisotopic (exact) mass is 525 g/mol. The third kappa shape index (κ3) is 8.57. The molecule has 2 aromatic rings. The predicted octanol–water partition coefficient (Wildman–Crippen LogP) is 7.08. The summed E-state index contributed by atoms with van der Waals surface area (Å²) in [6.07, 6.45) is 6.50. The lowest BCUT2D eigenvalue weighted by Gasteiger charge is -2.30. The molecule has 1 amide bonds. The molecule has 2 aromatic carbocycles. The largest absolute Gasteiger partial charge is 0.490 e. The maximum Gasteiger partial charge on any atom is 0.227 e. The van der Waals surface area contributed by atoms with Crippen LogP contribution in [0.1, 0.15) is 90.7 Å². The normalized spacial score (nSPS) is 14.8. The first kappa shape index (κ1) is 29.7. The van der Waals surface area contributed by atoms with Crippen molar-refractivity contribution in [1.82, 2.24) is 5.32 Å². The van der Waals surface area contributed by atoms with Gasteiger partial charge in [0, 0.05) is 6.54 Å². The number of nitrogens with one attached hydrogen (secondary N) is 1. The van der Waals surface area contributed by atoms with Gasteiger partial charge in [-0.25, -0.2) is 0 Å². The number of hydrogen-bond donors (Lipinski definition) is 1. The number of carbonyl (C=O) groups is 1. The molecule has 0 spiro atoms. The van der Waals surface area contributed by atoms with E-state index in [1.165, 1.54) is 19.3 Å². The number of amides is 1. The van der Waals surface area contributed by atoms with Crippen LogP contribution in [0.4, 0.5) is 0 Å². The summed E-state index contributed by atoms with van der Waals surface area (Å²) in [4.78, 5) is 13.7. The fourth-order valence-electron chi connectivity index (χ4n) is 5.21. The van der Waals surface area contributed by atoms with E-state index in [2.05, 4.69) is 5.32 Å².